The van der Waals surface area contributed by atoms with Gasteiger partial charge in [-0.3, -0.25) is 9.63 Å². The van der Waals surface area contributed by atoms with Gasteiger partial charge >= 0.3 is 0 Å². The van der Waals surface area contributed by atoms with Gasteiger partial charge in [-0.25, -0.2) is 9.87 Å². The Balaban J connectivity index is 1.76. The summed E-state index contributed by atoms with van der Waals surface area (Å²) in [5.74, 6) is -0.687. The van der Waals surface area contributed by atoms with Gasteiger partial charge in [0.2, 0.25) is 5.91 Å². The molecule has 1 saturated heterocycles. The van der Waals surface area contributed by atoms with Gasteiger partial charge in [0.1, 0.15) is 5.82 Å². The predicted octanol–water partition coefficient (Wildman–Crippen LogP) is 1.17. The topological polar surface area (TPSA) is 50.4 Å². The summed E-state index contributed by atoms with van der Waals surface area (Å²) >= 11 is 0. The lowest BCUT2D eigenvalue weighted by Crippen LogP contribution is -2.38. The van der Waals surface area contributed by atoms with Crippen molar-refractivity contribution in [1.82, 2.24) is 10.8 Å². The molecule has 0 atom stereocenters. The first kappa shape index (κ1) is 13.0. The second-order valence-electron chi connectivity index (χ2n) is 4.36. The molecule has 2 rings (SSSR count). The lowest BCUT2D eigenvalue weighted by Gasteiger charge is -2.22. The highest BCUT2D eigenvalue weighted by molar-refractivity contribution is 5.77. The largest absolute Gasteiger partial charge is 0.317 e. The smallest absolute Gasteiger partial charge is 0.248 e. The van der Waals surface area contributed by atoms with Gasteiger partial charge < -0.3 is 5.32 Å². The van der Waals surface area contributed by atoms with Crippen molar-refractivity contribution >= 4 is 5.91 Å². The summed E-state index contributed by atoms with van der Waals surface area (Å²) in [5.41, 5.74) is 2.77. The summed E-state index contributed by atoms with van der Waals surface area (Å²) in [6, 6.07) is 6.25. The van der Waals surface area contributed by atoms with E-state index < -0.39 is 0 Å². The number of hydrogen-bond donors (Lipinski definition) is 2. The van der Waals surface area contributed by atoms with Crippen molar-refractivity contribution in [3.63, 3.8) is 0 Å². The lowest BCUT2D eigenvalue weighted by atomic mass is 10.1. The average molecular weight is 252 g/mol. The Bertz CT molecular complexity index is 406. The van der Waals surface area contributed by atoms with E-state index in [1.54, 1.807) is 18.2 Å². The summed E-state index contributed by atoms with van der Waals surface area (Å²) in [7, 11) is 0. The molecule has 0 unspecified atom stereocenters. The number of piperidine rings is 1. The van der Waals surface area contributed by atoms with E-state index in [1.807, 2.05) is 0 Å². The van der Waals surface area contributed by atoms with Crippen LogP contribution in [0.25, 0.3) is 0 Å². The van der Waals surface area contributed by atoms with Crippen LogP contribution in [-0.4, -0.2) is 25.1 Å². The molecule has 18 heavy (non-hydrogen) atoms. The van der Waals surface area contributed by atoms with Crippen LogP contribution in [0.2, 0.25) is 0 Å². The van der Waals surface area contributed by atoms with E-state index in [4.69, 9.17) is 4.84 Å². The zero-order valence-corrected chi connectivity index (χ0v) is 10.1. The number of rotatable bonds is 4. The molecule has 1 heterocycles. The fourth-order valence-corrected chi connectivity index (χ4v) is 1.91. The zero-order chi connectivity index (χ0) is 12.8. The van der Waals surface area contributed by atoms with Crippen molar-refractivity contribution in [3.05, 3.63) is 35.6 Å². The first-order chi connectivity index (χ1) is 8.75. The highest BCUT2D eigenvalue weighted by Crippen LogP contribution is 2.08. The van der Waals surface area contributed by atoms with Gasteiger partial charge in [0.25, 0.3) is 0 Å². The molecule has 0 aliphatic carbocycles. The van der Waals surface area contributed by atoms with E-state index in [9.17, 15) is 9.18 Å². The second kappa shape index (κ2) is 6.47. The third-order valence-electron chi connectivity index (χ3n) is 2.93. The third kappa shape index (κ3) is 3.78. The molecule has 0 radical (unpaired) electrons. The second-order valence-corrected chi connectivity index (χ2v) is 4.36. The third-order valence-corrected chi connectivity index (χ3v) is 2.93. The highest BCUT2D eigenvalue weighted by atomic mass is 19.1. The zero-order valence-electron chi connectivity index (χ0n) is 10.1. The summed E-state index contributed by atoms with van der Waals surface area (Å²) in [6.45, 7) is 1.79. The molecular weight excluding hydrogens is 235 g/mol. The Morgan fingerprint density at radius 1 is 1.39 bits per heavy atom. The molecule has 2 N–H and O–H groups in total. The van der Waals surface area contributed by atoms with Crippen LogP contribution < -0.4 is 10.8 Å². The Kier molecular flexibility index (Phi) is 4.66. The molecule has 0 saturated carbocycles. The van der Waals surface area contributed by atoms with Gasteiger partial charge in [-0.2, -0.15) is 0 Å². The molecule has 1 aromatic carbocycles. The molecule has 1 fully saturated rings. The predicted molar refractivity (Wildman–Crippen MR) is 65.2 cm³/mol. The molecule has 0 aromatic heterocycles. The number of benzene rings is 1. The molecule has 5 heteroatoms. The minimum atomic E-state index is -0.366. The van der Waals surface area contributed by atoms with Crippen molar-refractivity contribution in [2.24, 2.45) is 0 Å². The fraction of sp³-hybridized carbons (Fsp3) is 0.462. The number of amides is 1. The number of hydroxylamine groups is 1. The average Bonchev–Trinajstić information content (AvgIpc) is 2.40. The SMILES string of the molecule is O=C(Cc1ccccc1F)NOC1CCNCC1. The summed E-state index contributed by atoms with van der Waals surface area (Å²) in [6.07, 6.45) is 1.80. The molecule has 4 nitrogen and oxygen atoms in total. The Labute approximate surface area is 105 Å². The Hall–Kier alpha value is -1.46. The molecule has 0 spiro atoms. The Morgan fingerprint density at radius 2 is 2.11 bits per heavy atom. The summed E-state index contributed by atoms with van der Waals surface area (Å²) in [4.78, 5) is 16.9. The van der Waals surface area contributed by atoms with Crippen LogP contribution >= 0.6 is 0 Å². The maximum atomic E-state index is 13.3. The summed E-state index contributed by atoms with van der Waals surface area (Å²) in [5, 5.41) is 3.21. The van der Waals surface area contributed by atoms with Gasteiger partial charge in [0.05, 0.1) is 12.5 Å². The normalized spacial score (nSPS) is 16.5. The van der Waals surface area contributed by atoms with Crippen LogP contribution in [0.15, 0.2) is 24.3 Å². The molecule has 98 valence electrons. The van der Waals surface area contributed by atoms with Crippen molar-refractivity contribution in [2.75, 3.05) is 13.1 Å². The maximum Gasteiger partial charge on any atom is 0.248 e. The van der Waals surface area contributed by atoms with Crippen molar-refractivity contribution in [3.8, 4) is 0 Å². The fourth-order valence-electron chi connectivity index (χ4n) is 1.91. The molecule has 1 amide bonds. The maximum absolute atomic E-state index is 13.3. The van der Waals surface area contributed by atoms with Crippen LogP contribution in [0.3, 0.4) is 0 Å². The van der Waals surface area contributed by atoms with Crippen LogP contribution in [0.1, 0.15) is 18.4 Å². The van der Waals surface area contributed by atoms with Crippen molar-refractivity contribution in [1.29, 1.82) is 0 Å². The number of nitrogens with one attached hydrogen (secondary N) is 2. The number of halogens is 1. The quantitative estimate of drug-likeness (QED) is 0.791. The van der Waals surface area contributed by atoms with Gasteiger partial charge in [0, 0.05) is 0 Å². The van der Waals surface area contributed by atoms with Crippen LogP contribution in [0, 0.1) is 5.82 Å². The van der Waals surface area contributed by atoms with Crippen molar-refractivity contribution < 1.29 is 14.0 Å². The number of carbonyl (C=O) groups excluding carboxylic acids is 1. The minimum Gasteiger partial charge on any atom is -0.317 e. The molecule has 0 bridgehead atoms. The first-order valence-electron chi connectivity index (χ1n) is 6.14. The monoisotopic (exact) mass is 252 g/mol. The van der Waals surface area contributed by atoms with E-state index >= 15 is 0 Å². The highest BCUT2D eigenvalue weighted by Gasteiger charge is 2.15. The Morgan fingerprint density at radius 3 is 2.83 bits per heavy atom. The number of carbonyl (C=O) groups is 1. The standard InChI is InChI=1S/C13H17FN2O2/c14-12-4-2-1-3-10(12)9-13(17)16-18-11-5-7-15-8-6-11/h1-4,11,15H,5-9H2,(H,16,17). The molecular formula is C13H17FN2O2. The van der Waals surface area contributed by atoms with Gasteiger partial charge in [-0.05, 0) is 37.6 Å². The van der Waals surface area contributed by atoms with E-state index in [0.717, 1.165) is 25.9 Å². The van der Waals surface area contributed by atoms with Crippen LogP contribution in [0.4, 0.5) is 4.39 Å². The van der Waals surface area contributed by atoms with E-state index in [-0.39, 0.29) is 24.2 Å². The van der Waals surface area contributed by atoms with Crippen LogP contribution in [-0.2, 0) is 16.1 Å². The molecule has 1 aliphatic rings. The molecule has 1 aliphatic heterocycles. The lowest BCUT2D eigenvalue weighted by molar-refractivity contribution is -0.139. The van der Waals surface area contributed by atoms with Crippen LogP contribution in [0.5, 0.6) is 0 Å². The first-order valence-corrected chi connectivity index (χ1v) is 6.14. The van der Waals surface area contributed by atoms with Crippen molar-refractivity contribution in [2.45, 2.75) is 25.4 Å². The van der Waals surface area contributed by atoms with E-state index in [0.29, 0.717) is 5.56 Å². The van der Waals surface area contributed by atoms with E-state index in [2.05, 4.69) is 10.8 Å². The van der Waals surface area contributed by atoms with Gasteiger partial charge in [-0.1, -0.05) is 18.2 Å². The van der Waals surface area contributed by atoms with Gasteiger partial charge in [-0.15, -0.1) is 0 Å². The minimum absolute atomic E-state index is 0.00234. The summed E-state index contributed by atoms with van der Waals surface area (Å²) < 4.78 is 13.3. The molecule has 1 aromatic rings. The number of hydrogen-bond acceptors (Lipinski definition) is 3. The van der Waals surface area contributed by atoms with Gasteiger partial charge in [0.15, 0.2) is 0 Å². The van der Waals surface area contributed by atoms with E-state index in [1.165, 1.54) is 6.07 Å².